The topological polar surface area (TPSA) is 75.3 Å². The van der Waals surface area contributed by atoms with E-state index < -0.39 is 0 Å². The van der Waals surface area contributed by atoms with E-state index >= 15 is 0 Å². The molecule has 0 fully saturated rings. The highest BCUT2D eigenvalue weighted by Crippen LogP contribution is 2.40. The maximum absolute atomic E-state index is 12.1. The van der Waals surface area contributed by atoms with Crippen molar-refractivity contribution in [1.82, 2.24) is 10.6 Å². The summed E-state index contributed by atoms with van der Waals surface area (Å²) in [6, 6.07) is 0. The van der Waals surface area contributed by atoms with E-state index in [1.807, 2.05) is 32.9 Å². The molecule has 0 aromatic heterocycles. The molecule has 30 heavy (non-hydrogen) atoms. The first-order valence-electron chi connectivity index (χ1n) is 11.1. The summed E-state index contributed by atoms with van der Waals surface area (Å²) in [5.74, 6) is 0.234. The molecule has 7 heteroatoms. The lowest BCUT2D eigenvalue weighted by molar-refractivity contribution is -0.125. The Labute approximate surface area is 191 Å². The number of ketones is 1. The summed E-state index contributed by atoms with van der Waals surface area (Å²) in [6.07, 6.45) is 7.25. The monoisotopic (exact) mass is 458 g/mol. The highest BCUT2D eigenvalue weighted by atomic mass is 33.1. The van der Waals surface area contributed by atoms with Gasteiger partial charge in [0, 0.05) is 47.8 Å². The lowest BCUT2D eigenvalue weighted by Gasteiger charge is -2.25. The van der Waals surface area contributed by atoms with E-state index in [9.17, 15) is 14.4 Å². The van der Waals surface area contributed by atoms with Crippen LogP contribution in [0.2, 0.25) is 0 Å². The highest BCUT2D eigenvalue weighted by molar-refractivity contribution is 8.77. The number of rotatable bonds is 16. The van der Waals surface area contributed by atoms with Crippen molar-refractivity contribution in [2.45, 2.75) is 90.6 Å². The van der Waals surface area contributed by atoms with Crippen LogP contribution in [0, 0.1) is 11.8 Å². The van der Waals surface area contributed by atoms with Gasteiger partial charge in [-0.2, -0.15) is 0 Å². The summed E-state index contributed by atoms with van der Waals surface area (Å²) in [5.41, 5.74) is 0. The third kappa shape index (κ3) is 14.1. The summed E-state index contributed by atoms with van der Waals surface area (Å²) in [6.45, 7) is 15.3. The highest BCUT2D eigenvalue weighted by Gasteiger charge is 2.22. The van der Waals surface area contributed by atoms with Gasteiger partial charge in [0.2, 0.25) is 11.8 Å². The molecule has 0 rings (SSSR count). The molecule has 0 aromatic rings. The summed E-state index contributed by atoms with van der Waals surface area (Å²) in [5, 5.41) is 6.18. The molecule has 0 aliphatic carbocycles. The molecule has 2 amide bonds. The van der Waals surface area contributed by atoms with E-state index in [1.165, 1.54) is 0 Å². The fraction of sp³-hybridized carbons (Fsp3) is 0.783. The van der Waals surface area contributed by atoms with Gasteiger partial charge in [-0.1, -0.05) is 67.9 Å². The maximum atomic E-state index is 12.1. The average Bonchev–Trinajstić information content (AvgIpc) is 2.69. The minimum absolute atomic E-state index is 0.00890. The second-order valence-electron chi connectivity index (χ2n) is 8.57. The smallest absolute Gasteiger partial charge is 0.222 e. The van der Waals surface area contributed by atoms with Crippen LogP contribution in [0.4, 0.5) is 0 Å². The van der Waals surface area contributed by atoms with Gasteiger partial charge in [-0.05, 0) is 33.6 Å². The van der Waals surface area contributed by atoms with Crippen molar-refractivity contribution in [3.63, 3.8) is 0 Å². The summed E-state index contributed by atoms with van der Waals surface area (Å²) in [7, 11) is 3.51. The Morgan fingerprint density at radius 2 is 1.73 bits per heavy atom. The number of nitrogens with one attached hydrogen (secondary N) is 2. The molecule has 0 radical (unpaired) electrons. The Balaban J connectivity index is 4.09. The van der Waals surface area contributed by atoms with Crippen LogP contribution in [-0.2, 0) is 14.4 Å². The van der Waals surface area contributed by atoms with Crippen LogP contribution in [0.3, 0.4) is 0 Å². The second-order valence-corrected chi connectivity index (χ2v) is 11.9. The van der Waals surface area contributed by atoms with Crippen molar-refractivity contribution in [2.75, 3.05) is 13.1 Å². The predicted octanol–water partition coefficient (Wildman–Crippen LogP) is 5.16. The van der Waals surface area contributed by atoms with Gasteiger partial charge < -0.3 is 10.6 Å². The van der Waals surface area contributed by atoms with Gasteiger partial charge >= 0.3 is 0 Å². The number of hydrogen-bond donors (Lipinski definition) is 2. The number of Topliss-reactive ketones (excluding diaryl/α,β-unsaturated/α-hetero) is 1. The number of hydrogen-bond acceptors (Lipinski definition) is 5. The Morgan fingerprint density at radius 1 is 1.07 bits per heavy atom. The van der Waals surface area contributed by atoms with Crippen LogP contribution in [-0.4, -0.2) is 40.7 Å². The molecule has 5 nitrogen and oxygen atoms in total. The minimum atomic E-state index is -0.0964. The van der Waals surface area contributed by atoms with Crippen molar-refractivity contribution in [2.24, 2.45) is 11.8 Å². The summed E-state index contributed by atoms with van der Waals surface area (Å²) < 4.78 is -0.0496. The molecular weight excluding hydrogens is 416 g/mol. The predicted molar refractivity (Wildman–Crippen MR) is 132 cm³/mol. The second kappa shape index (κ2) is 15.8. The zero-order valence-electron chi connectivity index (χ0n) is 19.9. The number of carbonyl (C=O) groups is 3. The molecule has 0 spiro atoms. The first-order chi connectivity index (χ1) is 14.0. The first-order valence-corrected chi connectivity index (χ1v) is 13.3. The molecule has 0 aliphatic rings. The van der Waals surface area contributed by atoms with Crippen LogP contribution < -0.4 is 10.6 Å². The molecule has 0 saturated carbocycles. The van der Waals surface area contributed by atoms with Gasteiger partial charge in [0.05, 0.1) is 0 Å². The Hall–Kier alpha value is -0.950. The third-order valence-corrected chi connectivity index (χ3v) is 8.68. The van der Waals surface area contributed by atoms with Crippen molar-refractivity contribution in [1.29, 1.82) is 0 Å². The normalized spacial score (nSPS) is 14.9. The SMILES string of the molecule is CC=CC(C)C(=O)CCNC(=O)CCC(C)(C)SSC(C)CNC(=O)C(C)CCC. The van der Waals surface area contributed by atoms with E-state index in [2.05, 4.69) is 38.3 Å². The number of allylic oxidation sites excluding steroid dienone is 2. The standard InChI is InChI=1S/C23H42N2O3S2/c1-8-10-17(3)20(26)13-15-24-21(27)12-14-23(6,7)30-29-19(5)16-25-22(28)18(4)11-9-2/h8,10,17-19H,9,11-16H2,1-7H3,(H,24,27)(H,25,28). The fourth-order valence-electron chi connectivity index (χ4n) is 2.72. The van der Waals surface area contributed by atoms with Crippen molar-refractivity contribution < 1.29 is 14.4 Å². The van der Waals surface area contributed by atoms with Crippen LogP contribution in [0.25, 0.3) is 0 Å². The van der Waals surface area contributed by atoms with Crippen molar-refractivity contribution in [3.05, 3.63) is 12.2 Å². The lowest BCUT2D eigenvalue weighted by Crippen LogP contribution is -2.33. The van der Waals surface area contributed by atoms with Crippen LogP contribution in [0.15, 0.2) is 12.2 Å². The molecule has 3 unspecified atom stereocenters. The fourth-order valence-corrected chi connectivity index (χ4v) is 5.21. The van der Waals surface area contributed by atoms with E-state index in [0.717, 1.165) is 19.3 Å². The molecule has 0 aromatic carbocycles. The van der Waals surface area contributed by atoms with E-state index in [0.29, 0.717) is 31.2 Å². The lowest BCUT2D eigenvalue weighted by atomic mass is 10.0. The Bertz CT molecular complexity index is 565. The first kappa shape index (κ1) is 29.1. The van der Waals surface area contributed by atoms with Gasteiger partial charge in [-0.25, -0.2) is 0 Å². The molecule has 2 N–H and O–H groups in total. The number of carbonyl (C=O) groups excluding carboxylic acids is 3. The number of amides is 2. The quantitative estimate of drug-likeness (QED) is 0.247. The zero-order chi connectivity index (χ0) is 23.2. The minimum Gasteiger partial charge on any atom is -0.356 e. The zero-order valence-corrected chi connectivity index (χ0v) is 21.5. The van der Waals surface area contributed by atoms with E-state index in [4.69, 9.17) is 0 Å². The van der Waals surface area contributed by atoms with Crippen LogP contribution >= 0.6 is 21.6 Å². The maximum Gasteiger partial charge on any atom is 0.222 e. The Morgan fingerprint density at radius 3 is 2.33 bits per heavy atom. The van der Waals surface area contributed by atoms with Gasteiger partial charge in [0.1, 0.15) is 5.78 Å². The molecule has 0 bridgehead atoms. The summed E-state index contributed by atoms with van der Waals surface area (Å²) >= 11 is 0. The summed E-state index contributed by atoms with van der Waals surface area (Å²) in [4.78, 5) is 36.0. The molecule has 0 heterocycles. The Kier molecular flexibility index (Phi) is 15.3. The molecule has 0 saturated heterocycles. The van der Waals surface area contributed by atoms with E-state index in [-0.39, 0.29) is 34.2 Å². The van der Waals surface area contributed by atoms with Gasteiger partial charge in [-0.3, -0.25) is 14.4 Å². The van der Waals surface area contributed by atoms with Gasteiger partial charge in [0.25, 0.3) is 0 Å². The average molecular weight is 459 g/mol. The van der Waals surface area contributed by atoms with Crippen LogP contribution in [0.1, 0.15) is 80.6 Å². The van der Waals surface area contributed by atoms with Crippen LogP contribution in [0.5, 0.6) is 0 Å². The molecule has 174 valence electrons. The van der Waals surface area contributed by atoms with Crippen molar-refractivity contribution in [3.8, 4) is 0 Å². The molecule has 0 aliphatic heterocycles. The van der Waals surface area contributed by atoms with Gasteiger partial charge in [-0.15, -0.1) is 0 Å². The van der Waals surface area contributed by atoms with Crippen molar-refractivity contribution >= 4 is 39.2 Å². The van der Waals surface area contributed by atoms with Gasteiger partial charge in [0.15, 0.2) is 0 Å². The largest absolute Gasteiger partial charge is 0.356 e. The third-order valence-electron chi connectivity index (χ3n) is 4.81. The molecular formula is C23H42N2O3S2. The molecule has 3 atom stereocenters. The van der Waals surface area contributed by atoms with E-state index in [1.54, 1.807) is 21.6 Å².